The van der Waals surface area contributed by atoms with Crippen molar-refractivity contribution >= 4 is 0 Å². The molecule has 1 aliphatic rings. The van der Waals surface area contributed by atoms with Gasteiger partial charge in [-0.2, -0.15) is 0 Å². The van der Waals surface area contributed by atoms with Gasteiger partial charge in [0.25, 0.3) is 0 Å². The number of nitrogens with zero attached hydrogens (tertiary/aromatic N) is 1. The van der Waals surface area contributed by atoms with E-state index >= 15 is 0 Å². The van der Waals surface area contributed by atoms with Gasteiger partial charge in [0, 0.05) is 24.7 Å². The molecule has 0 radical (unpaired) electrons. The lowest BCUT2D eigenvalue weighted by atomic mass is 10.2. The topological polar surface area (TPSA) is 15.3 Å². The molecule has 1 fully saturated rings. The Morgan fingerprint density at radius 3 is 3.06 bits per heavy atom. The fraction of sp³-hybridized carbons (Fsp3) is 0.538. The highest BCUT2D eigenvalue weighted by Crippen LogP contribution is 2.13. The molecule has 0 saturated carbocycles. The highest BCUT2D eigenvalue weighted by Gasteiger charge is 2.15. The summed E-state index contributed by atoms with van der Waals surface area (Å²) >= 11 is 0. The van der Waals surface area contributed by atoms with Crippen LogP contribution in [0.4, 0.5) is 8.78 Å². The number of benzene rings is 1. The molecule has 1 aromatic carbocycles. The Kier molecular flexibility index (Phi) is 4.07. The van der Waals surface area contributed by atoms with E-state index in [0.717, 1.165) is 32.1 Å². The predicted molar refractivity (Wildman–Crippen MR) is 63.7 cm³/mol. The van der Waals surface area contributed by atoms with E-state index in [9.17, 15) is 8.78 Å². The standard InChI is InChI=1S/C13H18F2N2/c1-10-8-17(6-2-5-16-10)9-11-7-12(14)3-4-13(11)15/h3-4,7,10,16H,2,5-6,8-9H2,1H3. The molecule has 1 heterocycles. The molecule has 17 heavy (non-hydrogen) atoms. The van der Waals surface area contributed by atoms with E-state index in [1.807, 2.05) is 0 Å². The highest BCUT2D eigenvalue weighted by atomic mass is 19.1. The molecule has 2 nitrogen and oxygen atoms in total. The second-order valence-corrected chi connectivity index (χ2v) is 4.68. The first-order chi connectivity index (χ1) is 8.15. The molecule has 1 aliphatic heterocycles. The van der Waals surface area contributed by atoms with Crippen molar-refractivity contribution in [1.29, 1.82) is 0 Å². The molecule has 0 bridgehead atoms. The van der Waals surface area contributed by atoms with Gasteiger partial charge >= 0.3 is 0 Å². The van der Waals surface area contributed by atoms with E-state index in [-0.39, 0.29) is 11.6 Å². The number of hydrogen-bond acceptors (Lipinski definition) is 2. The third kappa shape index (κ3) is 3.48. The first-order valence-corrected chi connectivity index (χ1v) is 6.05. The molecule has 4 heteroatoms. The van der Waals surface area contributed by atoms with Crippen LogP contribution in [0.1, 0.15) is 18.9 Å². The Bertz CT molecular complexity index is 382. The number of nitrogens with one attached hydrogen (secondary N) is 1. The molecular weight excluding hydrogens is 222 g/mol. The zero-order chi connectivity index (χ0) is 12.3. The van der Waals surface area contributed by atoms with Crippen LogP contribution in [0, 0.1) is 11.6 Å². The van der Waals surface area contributed by atoms with Crippen LogP contribution in [-0.4, -0.2) is 30.6 Å². The van der Waals surface area contributed by atoms with Crippen molar-refractivity contribution in [2.24, 2.45) is 0 Å². The Balaban J connectivity index is 2.06. The van der Waals surface area contributed by atoms with Gasteiger partial charge in [0.1, 0.15) is 11.6 Å². The molecule has 94 valence electrons. The van der Waals surface area contributed by atoms with Crippen molar-refractivity contribution in [3.8, 4) is 0 Å². The Hall–Kier alpha value is -1.00. The Morgan fingerprint density at radius 1 is 1.41 bits per heavy atom. The van der Waals surface area contributed by atoms with Crippen LogP contribution in [0.5, 0.6) is 0 Å². The smallest absolute Gasteiger partial charge is 0.127 e. The summed E-state index contributed by atoms with van der Waals surface area (Å²) in [4.78, 5) is 2.17. The predicted octanol–water partition coefficient (Wildman–Crippen LogP) is 2.15. The molecule has 0 amide bonds. The van der Waals surface area contributed by atoms with Crippen LogP contribution >= 0.6 is 0 Å². The van der Waals surface area contributed by atoms with Crippen molar-refractivity contribution < 1.29 is 8.78 Å². The maximum Gasteiger partial charge on any atom is 0.127 e. The number of rotatable bonds is 2. The van der Waals surface area contributed by atoms with Crippen LogP contribution in [-0.2, 0) is 6.54 Å². The maximum atomic E-state index is 13.5. The molecule has 1 atom stereocenters. The minimum Gasteiger partial charge on any atom is -0.313 e. The largest absolute Gasteiger partial charge is 0.313 e. The fourth-order valence-electron chi connectivity index (χ4n) is 2.24. The van der Waals surface area contributed by atoms with Crippen LogP contribution in [0.15, 0.2) is 18.2 Å². The summed E-state index contributed by atoms with van der Waals surface area (Å²) in [6.45, 7) is 5.38. The molecule has 2 rings (SSSR count). The van der Waals surface area contributed by atoms with Gasteiger partial charge in [-0.3, -0.25) is 4.90 Å². The SMILES string of the molecule is CC1CN(Cc2cc(F)ccc2F)CCCN1. The van der Waals surface area contributed by atoms with Gasteiger partial charge in [0.2, 0.25) is 0 Å². The van der Waals surface area contributed by atoms with Gasteiger partial charge in [-0.1, -0.05) is 0 Å². The summed E-state index contributed by atoms with van der Waals surface area (Å²) in [7, 11) is 0. The molecule has 1 unspecified atom stereocenters. The van der Waals surface area contributed by atoms with E-state index in [0.29, 0.717) is 18.2 Å². The first-order valence-electron chi connectivity index (χ1n) is 6.05. The van der Waals surface area contributed by atoms with Crippen molar-refractivity contribution in [2.45, 2.75) is 25.9 Å². The zero-order valence-corrected chi connectivity index (χ0v) is 10.0. The molecule has 1 aromatic rings. The van der Waals surface area contributed by atoms with Crippen molar-refractivity contribution in [3.63, 3.8) is 0 Å². The molecule has 0 aromatic heterocycles. The van der Waals surface area contributed by atoms with Crippen LogP contribution < -0.4 is 5.32 Å². The average molecular weight is 240 g/mol. The normalized spacial score (nSPS) is 22.4. The van der Waals surface area contributed by atoms with Crippen LogP contribution in [0.3, 0.4) is 0 Å². The lowest BCUT2D eigenvalue weighted by Gasteiger charge is -2.22. The van der Waals surface area contributed by atoms with E-state index in [1.54, 1.807) is 0 Å². The summed E-state index contributed by atoms with van der Waals surface area (Å²) < 4.78 is 26.6. The van der Waals surface area contributed by atoms with E-state index in [4.69, 9.17) is 0 Å². The Morgan fingerprint density at radius 2 is 2.24 bits per heavy atom. The number of hydrogen-bond donors (Lipinski definition) is 1. The molecule has 1 saturated heterocycles. The molecular formula is C13H18F2N2. The van der Waals surface area contributed by atoms with Crippen molar-refractivity contribution in [3.05, 3.63) is 35.4 Å². The quantitative estimate of drug-likeness (QED) is 0.852. The van der Waals surface area contributed by atoms with Crippen molar-refractivity contribution in [2.75, 3.05) is 19.6 Å². The molecule has 0 aliphatic carbocycles. The monoisotopic (exact) mass is 240 g/mol. The lowest BCUT2D eigenvalue weighted by molar-refractivity contribution is 0.260. The summed E-state index contributed by atoms with van der Waals surface area (Å²) in [6.07, 6.45) is 1.04. The second kappa shape index (κ2) is 5.56. The molecule has 0 spiro atoms. The minimum atomic E-state index is -0.373. The third-order valence-corrected chi connectivity index (χ3v) is 3.08. The third-order valence-electron chi connectivity index (χ3n) is 3.08. The van der Waals surface area contributed by atoms with Gasteiger partial charge < -0.3 is 5.32 Å². The summed E-state index contributed by atoms with van der Waals surface area (Å²) in [5.74, 6) is -0.696. The maximum absolute atomic E-state index is 13.5. The summed E-state index contributed by atoms with van der Waals surface area (Å²) in [5, 5.41) is 3.38. The van der Waals surface area contributed by atoms with Gasteiger partial charge in [-0.25, -0.2) is 8.78 Å². The Labute approximate surface area is 101 Å². The van der Waals surface area contributed by atoms with Gasteiger partial charge in [-0.05, 0) is 44.6 Å². The van der Waals surface area contributed by atoms with E-state index < -0.39 is 0 Å². The number of halogens is 2. The first kappa shape index (κ1) is 12.5. The summed E-state index contributed by atoms with van der Waals surface area (Å²) in [6, 6.07) is 4.04. The van der Waals surface area contributed by atoms with Gasteiger partial charge in [0.15, 0.2) is 0 Å². The second-order valence-electron chi connectivity index (χ2n) is 4.68. The van der Waals surface area contributed by atoms with Gasteiger partial charge in [-0.15, -0.1) is 0 Å². The van der Waals surface area contributed by atoms with E-state index in [1.165, 1.54) is 12.1 Å². The van der Waals surface area contributed by atoms with Crippen LogP contribution in [0.2, 0.25) is 0 Å². The lowest BCUT2D eigenvalue weighted by Crippen LogP contribution is -2.35. The average Bonchev–Trinajstić information content (AvgIpc) is 2.48. The minimum absolute atomic E-state index is 0.323. The summed E-state index contributed by atoms with van der Waals surface area (Å²) in [5.41, 5.74) is 0.444. The molecule has 1 N–H and O–H groups in total. The van der Waals surface area contributed by atoms with Crippen LogP contribution in [0.25, 0.3) is 0 Å². The van der Waals surface area contributed by atoms with E-state index in [2.05, 4.69) is 17.1 Å². The van der Waals surface area contributed by atoms with Gasteiger partial charge in [0.05, 0.1) is 0 Å². The fourth-order valence-corrected chi connectivity index (χ4v) is 2.24. The zero-order valence-electron chi connectivity index (χ0n) is 10.0. The highest BCUT2D eigenvalue weighted by molar-refractivity contribution is 5.18. The van der Waals surface area contributed by atoms with Crippen molar-refractivity contribution in [1.82, 2.24) is 10.2 Å².